The summed E-state index contributed by atoms with van der Waals surface area (Å²) in [5, 5.41) is 17.0. The number of aliphatic hydroxyl groups excluding tert-OH is 1. The van der Waals surface area contributed by atoms with Gasteiger partial charge in [0.1, 0.15) is 20.1 Å². The number of nitrogens with one attached hydrogen (secondary N) is 3. The minimum atomic E-state index is -0.792. The van der Waals surface area contributed by atoms with Gasteiger partial charge in [-0.3, -0.25) is 14.4 Å². The first-order valence-electron chi connectivity index (χ1n) is 11.4. The van der Waals surface area contributed by atoms with Gasteiger partial charge in [-0.05, 0) is 31.2 Å². The molecule has 0 aliphatic carbocycles. The van der Waals surface area contributed by atoms with Crippen molar-refractivity contribution in [1.29, 1.82) is 0 Å². The summed E-state index contributed by atoms with van der Waals surface area (Å²) in [6.07, 6.45) is 3.63. The maximum Gasteiger partial charge on any atom is 0.273 e. The molecule has 0 aromatic carbocycles. The molecule has 0 saturated carbocycles. The van der Waals surface area contributed by atoms with Gasteiger partial charge < -0.3 is 49.5 Å². The van der Waals surface area contributed by atoms with Crippen molar-refractivity contribution in [3.63, 3.8) is 0 Å². The molecule has 37 heavy (non-hydrogen) atoms. The lowest BCUT2D eigenvalue weighted by atomic mass is 9.87. The molecule has 4 N–H and O–H groups in total. The van der Waals surface area contributed by atoms with Gasteiger partial charge >= 0.3 is 0 Å². The zero-order valence-electron chi connectivity index (χ0n) is 21.2. The van der Waals surface area contributed by atoms with E-state index in [0.29, 0.717) is 0 Å². The number of ether oxygens (including phenoxy) is 6. The van der Waals surface area contributed by atoms with Crippen molar-refractivity contribution in [2.45, 2.75) is 6.42 Å². The lowest BCUT2D eigenvalue weighted by Crippen LogP contribution is -2.39. The molecule has 0 heterocycles. The normalized spacial score (nSPS) is 10.6. The predicted octanol–water partition coefficient (Wildman–Crippen LogP) is -0.295. The Kier molecular flexibility index (Phi) is 20.1. The summed E-state index contributed by atoms with van der Waals surface area (Å²) in [7, 11) is 0. The summed E-state index contributed by atoms with van der Waals surface area (Å²) in [4.78, 5) is 33.4. The number of carbonyl (C=O) groups is 3. The Morgan fingerprint density at radius 3 is 1.54 bits per heavy atom. The lowest BCUT2D eigenvalue weighted by Gasteiger charge is -2.33. The average Bonchev–Trinajstić information content (AvgIpc) is 2.90. The molecule has 3 amide bonds. The molecule has 0 bridgehead atoms. The van der Waals surface area contributed by atoms with E-state index in [1.165, 1.54) is 0 Å². The van der Waals surface area contributed by atoms with Gasteiger partial charge in [-0.2, -0.15) is 0 Å². The van der Waals surface area contributed by atoms with Crippen LogP contribution in [0.2, 0.25) is 0 Å². The number of aliphatic hydroxyl groups is 1. The Balaban J connectivity index is 4.74. The number of amides is 3. The third kappa shape index (κ3) is 18.7. The van der Waals surface area contributed by atoms with E-state index in [-0.39, 0.29) is 97.2 Å². The van der Waals surface area contributed by atoms with Crippen LogP contribution in [0.3, 0.4) is 0 Å². The molecule has 0 fully saturated rings. The standard InChI is InChI=1S/C24H39N3O10/c1-5-21(29)25-17-34-12-10-32-14-24(8-9-28,15-33-11-13-35-18-26-22(30)6-2)16-36-20(4)37-19-27-23(31)7-3/h5-7,28H,1-4,8-19H2,(H,25,29)(H,26,30)(H,27,31). The maximum absolute atomic E-state index is 11.2. The first-order valence-corrected chi connectivity index (χ1v) is 11.4. The van der Waals surface area contributed by atoms with Crippen LogP contribution in [0.25, 0.3) is 0 Å². The third-order valence-electron chi connectivity index (χ3n) is 4.47. The van der Waals surface area contributed by atoms with Crippen molar-refractivity contribution >= 4 is 17.7 Å². The molecular weight excluding hydrogens is 490 g/mol. The molecule has 13 nitrogen and oxygen atoms in total. The summed E-state index contributed by atoms with van der Waals surface area (Å²) >= 11 is 0. The van der Waals surface area contributed by atoms with Crippen molar-refractivity contribution in [3.8, 4) is 0 Å². The van der Waals surface area contributed by atoms with Crippen LogP contribution in [0.15, 0.2) is 50.5 Å². The lowest BCUT2D eigenvalue weighted by molar-refractivity contribution is -0.121. The predicted molar refractivity (Wildman–Crippen MR) is 133 cm³/mol. The highest BCUT2D eigenvalue weighted by Crippen LogP contribution is 2.25. The SMILES string of the molecule is C=CC(=O)NCOCCOCC(CCO)(COCCOCNC(=O)C=C)COC(=C)OCNC(=O)C=C. The van der Waals surface area contributed by atoms with Gasteiger partial charge in [-0.25, -0.2) is 0 Å². The minimum absolute atomic E-state index is 0.00896. The number of rotatable bonds is 25. The van der Waals surface area contributed by atoms with Crippen LogP contribution in [0.5, 0.6) is 0 Å². The molecule has 210 valence electrons. The van der Waals surface area contributed by atoms with Gasteiger partial charge in [0.2, 0.25) is 17.7 Å². The van der Waals surface area contributed by atoms with Crippen LogP contribution in [-0.2, 0) is 42.8 Å². The van der Waals surface area contributed by atoms with E-state index in [2.05, 4.69) is 42.3 Å². The van der Waals surface area contributed by atoms with Crippen molar-refractivity contribution in [3.05, 3.63) is 50.5 Å². The number of hydrogen-bond donors (Lipinski definition) is 4. The first kappa shape index (κ1) is 33.8. The molecule has 13 heteroatoms. The summed E-state index contributed by atoms with van der Waals surface area (Å²) < 4.78 is 32.8. The molecule has 0 unspecified atom stereocenters. The highest BCUT2D eigenvalue weighted by molar-refractivity contribution is 5.87. The van der Waals surface area contributed by atoms with Gasteiger partial charge in [-0.1, -0.05) is 19.7 Å². The van der Waals surface area contributed by atoms with Gasteiger partial charge in [-0.15, -0.1) is 0 Å². The highest BCUT2D eigenvalue weighted by Gasteiger charge is 2.32. The van der Waals surface area contributed by atoms with E-state index >= 15 is 0 Å². The molecule has 0 aromatic rings. The summed E-state index contributed by atoms with van der Waals surface area (Å²) in [5.41, 5.74) is -0.792. The zero-order chi connectivity index (χ0) is 27.8. The molecule has 0 atom stereocenters. The fourth-order valence-electron chi connectivity index (χ4n) is 2.46. The maximum atomic E-state index is 11.2. The van der Waals surface area contributed by atoms with Crippen LogP contribution in [0, 0.1) is 5.41 Å². The van der Waals surface area contributed by atoms with Crippen molar-refractivity contribution in [2.24, 2.45) is 5.41 Å². The second-order valence-electron chi connectivity index (χ2n) is 7.37. The highest BCUT2D eigenvalue weighted by atomic mass is 16.7. The summed E-state index contributed by atoms with van der Waals surface area (Å²) in [6, 6.07) is 0. The second kappa shape index (κ2) is 22.0. The monoisotopic (exact) mass is 529 g/mol. The van der Waals surface area contributed by atoms with Gasteiger partial charge in [0.15, 0.2) is 6.73 Å². The Morgan fingerprint density at radius 1 is 0.676 bits per heavy atom. The topological polar surface area (TPSA) is 163 Å². The van der Waals surface area contributed by atoms with Gasteiger partial charge in [0, 0.05) is 6.61 Å². The summed E-state index contributed by atoms with van der Waals surface area (Å²) in [5.74, 6) is -1.16. The molecular formula is C24H39N3O10. The second-order valence-corrected chi connectivity index (χ2v) is 7.37. The van der Waals surface area contributed by atoms with E-state index in [1.54, 1.807) is 0 Å². The van der Waals surface area contributed by atoms with E-state index in [1.807, 2.05) is 0 Å². The Labute approximate surface area is 217 Å². The van der Waals surface area contributed by atoms with Crippen LogP contribution in [-0.4, -0.2) is 95.9 Å². The van der Waals surface area contributed by atoms with Gasteiger partial charge in [0.05, 0.1) is 45.1 Å². The van der Waals surface area contributed by atoms with Crippen LogP contribution in [0.1, 0.15) is 6.42 Å². The first-order chi connectivity index (χ1) is 17.8. The quantitative estimate of drug-likeness (QED) is 0.0535. The molecule has 0 rings (SSSR count). The van der Waals surface area contributed by atoms with Gasteiger partial charge in [0.25, 0.3) is 5.95 Å². The van der Waals surface area contributed by atoms with Crippen LogP contribution in [0.4, 0.5) is 0 Å². The van der Waals surface area contributed by atoms with Crippen molar-refractivity contribution in [2.75, 3.05) is 73.0 Å². The number of hydrogen-bond acceptors (Lipinski definition) is 10. The fourth-order valence-corrected chi connectivity index (χ4v) is 2.46. The van der Waals surface area contributed by atoms with Crippen molar-refractivity contribution in [1.82, 2.24) is 16.0 Å². The molecule has 0 spiro atoms. The van der Waals surface area contributed by atoms with E-state index in [0.717, 1.165) is 18.2 Å². The number of carbonyl (C=O) groups excluding carboxylic acids is 3. The molecule has 0 radical (unpaired) electrons. The smallest absolute Gasteiger partial charge is 0.273 e. The van der Waals surface area contributed by atoms with Crippen molar-refractivity contribution < 1.29 is 47.9 Å². The van der Waals surface area contributed by atoms with E-state index in [9.17, 15) is 19.5 Å². The molecule has 0 aromatic heterocycles. The van der Waals surface area contributed by atoms with E-state index in [4.69, 9.17) is 28.4 Å². The fraction of sp³-hybridized carbons (Fsp3) is 0.542. The summed E-state index contributed by atoms with van der Waals surface area (Å²) in [6.45, 7) is 14.5. The molecule has 0 aliphatic heterocycles. The Bertz CT molecular complexity index is 696. The minimum Gasteiger partial charge on any atom is -0.465 e. The Hall–Kier alpha value is -3.23. The third-order valence-corrected chi connectivity index (χ3v) is 4.47. The Morgan fingerprint density at radius 2 is 1.11 bits per heavy atom. The zero-order valence-corrected chi connectivity index (χ0v) is 21.2. The van der Waals surface area contributed by atoms with Crippen LogP contribution < -0.4 is 16.0 Å². The average molecular weight is 530 g/mol. The van der Waals surface area contributed by atoms with E-state index < -0.39 is 11.3 Å². The largest absolute Gasteiger partial charge is 0.465 e. The molecule has 0 saturated heterocycles. The van der Waals surface area contributed by atoms with Crippen LogP contribution >= 0.6 is 0 Å². The molecule has 0 aliphatic rings.